The van der Waals surface area contributed by atoms with Crippen LogP contribution in [0.15, 0.2) is 36.7 Å². The summed E-state index contributed by atoms with van der Waals surface area (Å²) in [5.74, 6) is 0.793. The molecule has 3 atom stereocenters. The van der Waals surface area contributed by atoms with E-state index in [-0.39, 0.29) is 18.0 Å². The first kappa shape index (κ1) is 19.0. The Labute approximate surface area is 169 Å². The molecule has 1 aromatic carbocycles. The van der Waals surface area contributed by atoms with Crippen LogP contribution in [-0.2, 0) is 0 Å². The van der Waals surface area contributed by atoms with E-state index >= 15 is 0 Å². The predicted molar refractivity (Wildman–Crippen MR) is 106 cm³/mol. The third-order valence-corrected chi connectivity index (χ3v) is 6.63. The van der Waals surface area contributed by atoms with Crippen LogP contribution in [-0.4, -0.2) is 48.0 Å². The van der Waals surface area contributed by atoms with Gasteiger partial charge < -0.3 is 14.8 Å². The summed E-state index contributed by atoms with van der Waals surface area (Å²) in [4.78, 5) is 17.2. The molecule has 2 bridgehead atoms. The van der Waals surface area contributed by atoms with Gasteiger partial charge in [0.2, 0.25) is 0 Å². The summed E-state index contributed by atoms with van der Waals surface area (Å²) in [5.41, 5.74) is 2.61. The van der Waals surface area contributed by atoms with Gasteiger partial charge in [-0.2, -0.15) is 4.73 Å². The van der Waals surface area contributed by atoms with Crippen LogP contribution < -0.4 is 9.47 Å². The lowest BCUT2D eigenvalue weighted by atomic mass is 10.0. The number of likely N-dealkylation sites (tertiary alicyclic amines) is 2. The Kier molecular flexibility index (Phi) is 4.93. The molecular formula is C21H24ClN3O3. The highest BCUT2D eigenvalue weighted by molar-refractivity contribution is 6.32. The molecule has 148 valence electrons. The fourth-order valence-corrected chi connectivity index (χ4v) is 4.87. The summed E-state index contributed by atoms with van der Waals surface area (Å²) >= 11 is 6.63. The number of hydrogen-bond donors (Lipinski definition) is 0. The van der Waals surface area contributed by atoms with E-state index in [9.17, 15) is 10.0 Å². The molecule has 4 rings (SSSR count). The molecule has 0 unspecified atom stereocenters. The first-order chi connectivity index (χ1) is 13.4. The Morgan fingerprint density at radius 3 is 2.57 bits per heavy atom. The summed E-state index contributed by atoms with van der Waals surface area (Å²) in [6.45, 7) is 5.67. The second kappa shape index (κ2) is 7.26. The molecule has 0 radical (unpaired) electrons. The fraction of sp³-hybridized carbons (Fsp3) is 0.429. The van der Waals surface area contributed by atoms with Gasteiger partial charge in [-0.05, 0) is 31.9 Å². The minimum atomic E-state index is -0.00118. The molecule has 28 heavy (non-hydrogen) atoms. The van der Waals surface area contributed by atoms with Crippen molar-refractivity contribution in [3.63, 3.8) is 0 Å². The highest BCUT2D eigenvalue weighted by Crippen LogP contribution is 2.41. The van der Waals surface area contributed by atoms with E-state index in [1.807, 2.05) is 24.0 Å². The molecule has 2 aromatic rings. The second-order valence-corrected chi connectivity index (χ2v) is 7.99. The summed E-state index contributed by atoms with van der Waals surface area (Å²) in [7, 11) is 1.65. The van der Waals surface area contributed by atoms with E-state index < -0.39 is 0 Å². The van der Waals surface area contributed by atoms with Gasteiger partial charge in [0.05, 0.1) is 17.7 Å². The van der Waals surface area contributed by atoms with E-state index in [0.717, 1.165) is 34.9 Å². The number of ether oxygens (including phenoxy) is 1. The SMILES string of the molecule is COc1ccc([C@H](C)N2C[C@H]3C[C@@H]2CN3C(=O)c2cc[n+]([O-])cc2)c(Cl)c1C. The van der Waals surface area contributed by atoms with Crippen molar-refractivity contribution in [2.24, 2.45) is 0 Å². The third-order valence-electron chi connectivity index (χ3n) is 6.13. The zero-order chi connectivity index (χ0) is 20.0. The number of carbonyl (C=O) groups is 1. The zero-order valence-electron chi connectivity index (χ0n) is 16.3. The minimum absolute atomic E-state index is 0.00118. The van der Waals surface area contributed by atoms with Gasteiger partial charge >= 0.3 is 0 Å². The van der Waals surface area contributed by atoms with Gasteiger partial charge in [-0.25, -0.2) is 0 Å². The quantitative estimate of drug-likeness (QED) is 0.583. The van der Waals surface area contributed by atoms with Crippen molar-refractivity contribution in [2.45, 2.75) is 38.4 Å². The molecule has 0 N–H and O–H groups in total. The number of nitrogens with zero attached hydrogens (tertiary/aromatic N) is 3. The number of piperazine rings is 1. The maximum atomic E-state index is 12.8. The van der Waals surface area contributed by atoms with Crippen LogP contribution in [0.4, 0.5) is 0 Å². The summed E-state index contributed by atoms with van der Waals surface area (Å²) < 4.78 is 6.05. The van der Waals surface area contributed by atoms with Crippen molar-refractivity contribution in [3.8, 4) is 5.75 Å². The van der Waals surface area contributed by atoms with Gasteiger partial charge in [-0.1, -0.05) is 17.7 Å². The van der Waals surface area contributed by atoms with E-state index in [2.05, 4.69) is 11.8 Å². The first-order valence-corrected chi connectivity index (χ1v) is 9.87. The van der Waals surface area contributed by atoms with E-state index in [1.165, 1.54) is 12.4 Å². The Morgan fingerprint density at radius 2 is 1.96 bits per heavy atom. The number of fused-ring (bicyclic) bond motifs is 2. The molecule has 0 saturated carbocycles. The number of rotatable bonds is 4. The van der Waals surface area contributed by atoms with Gasteiger partial charge in [0.15, 0.2) is 12.4 Å². The van der Waals surface area contributed by atoms with Gasteiger partial charge in [0, 0.05) is 48.9 Å². The highest BCUT2D eigenvalue weighted by atomic mass is 35.5. The van der Waals surface area contributed by atoms with Gasteiger partial charge in [0.1, 0.15) is 5.75 Å². The van der Waals surface area contributed by atoms with Crippen LogP contribution in [0.1, 0.15) is 40.9 Å². The number of methoxy groups -OCH3 is 1. The van der Waals surface area contributed by atoms with Gasteiger partial charge in [-0.15, -0.1) is 0 Å². The standard InChI is InChI=1S/C21H24ClN3O3/c1-13-19(28-3)5-4-18(20(13)22)14(2)24-11-17-10-16(24)12-25(17)21(26)15-6-8-23(27)9-7-15/h4-9,14,16-17H,10-12H2,1-3H3/t14-,16+,17+/m0/s1. The monoisotopic (exact) mass is 401 g/mol. The average molecular weight is 402 g/mol. The Bertz CT molecular complexity index is 903. The number of benzene rings is 1. The maximum absolute atomic E-state index is 12.8. The Morgan fingerprint density at radius 1 is 1.25 bits per heavy atom. The molecule has 0 spiro atoms. The molecule has 6 nitrogen and oxygen atoms in total. The van der Waals surface area contributed by atoms with Crippen LogP contribution in [0.25, 0.3) is 0 Å². The van der Waals surface area contributed by atoms with Crippen molar-refractivity contribution < 1.29 is 14.3 Å². The number of aromatic nitrogens is 1. The average Bonchev–Trinajstić information content (AvgIpc) is 3.30. The third kappa shape index (κ3) is 3.10. The van der Waals surface area contributed by atoms with Crippen molar-refractivity contribution in [1.82, 2.24) is 9.80 Å². The lowest BCUT2D eigenvalue weighted by molar-refractivity contribution is -0.605. The van der Waals surface area contributed by atoms with Crippen LogP contribution in [0, 0.1) is 12.1 Å². The topological polar surface area (TPSA) is 59.7 Å². The Hall–Kier alpha value is -2.31. The molecule has 2 fully saturated rings. The minimum Gasteiger partial charge on any atom is -0.619 e. The van der Waals surface area contributed by atoms with Crippen molar-refractivity contribution in [2.75, 3.05) is 20.2 Å². The van der Waals surface area contributed by atoms with Gasteiger partial charge in [0.25, 0.3) is 5.91 Å². The summed E-state index contributed by atoms with van der Waals surface area (Å²) in [6, 6.07) is 7.85. The Balaban J connectivity index is 1.49. The van der Waals surface area contributed by atoms with Crippen LogP contribution in [0.5, 0.6) is 5.75 Å². The lowest BCUT2D eigenvalue weighted by Crippen LogP contribution is -2.49. The lowest BCUT2D eigenvalue weighted by Gasteiger charge is -2.38. The van der Waals surface area contributed by atoms with E-state index in [1.54, 1.807) is 19.2 Å². The molecular weight excluding hydrogens is 378 g/mol. The van der Waals surface area contributed by atoms with Gasteiger partial charge in [-0.3, -0.25) is 9.69 Å². The molecule has 1 amide bonds. The summed E-state index contributed by atoms with van der Waals surface area (Å²) in [5, 5.41) is 12.0. The van der Waals surface area contributed by atoms with Crippen LogP contribution in [0.2, 0.25) is 5.02 Å². The number of amides is 1. The molecule has 2 aliphatic heterocycles. The number of carbonyl (C=O) groups excluding carboxylic acids is 1. The van der Waals surface area contributed by atoms with Crippen LogP contribution >= 0.6 is 11.6 Å². The maximum Gasteiger partial charge on any atom is 0.254 e. The molecule has 0 aliphatic carbocycles. The normalized spacial score (nSPS) is 22.5. The number of halogens is 1. The van der Waals surface area contributed by atoms with Crippen molar-refractivity contribution >= 4 is 17.5 Å². The van der Waals surface area contributed by atoms with E-state index in [0.29, 0.717) is 22.9 Å². The molecule has 2 aliphatic rings. The first-order valence-electron chi connectivity index (χ1n) is 9.49. The largest absolute Gasteiger partial charge is 0.619 e. The number of hydrogen-bond acceptors (Lipinski definition) is 4. The molecule has 1 aromatic heterocycles. The zero-order valence-corrected chi connectivity index (χ0v) is 17.0. The molecule has 2 saturated heterocycles. The van der Waals surface area contributed by atoms with Crippen molar-refractivity contribution in [1.29, 1.82) is 0 Å². The smallest absolute Gasteiger partial charge is 0.254 e. The van der Waals surface area contributed by atoms with Crippen LogP contribution in [0.3, 0.4) is 0 Å². The second-order valence-electron chi connectivity index (χ2n) is 7.62. The highest BCUT2D eigenvalue weighted by Gasteiger charge is 2.47. The fourth-order valence-electron chi connectivity index (χ4n) is 4.55. The van der Waals surface area contributed by atoms with E-state index in [4.69, 9.17) is 16.3 Å². The molecule has 3 heterocycles. The van der Waals surface area contributed by atoms with Crippen molar-refractivity contribution in [3.05, 3.63) is 63.6 Å². The predicted octanol–water partition coefficient (Wildman–Crippen LogP) is 2.95. The number of pyridine rings is 1. The summed E-state index contributed by atoms with van der Waals surface area (Å²) in [6.07, 6.45) is 3.70. The molecule has 7 heteroatoms.